The van der Waals surface area contributed by atoms with Crippen LogP contribution in [0.4, 0.5) is 75.4 Å². The molecule has 14 nitrogen and oxygen atoms in total. The Morgan fingerprint density at radius 1 is 0.287 bits per heavy atom. The fourth-order valence-electron chi connectivity index (χ4n) is 11.4. The van der Waals surface area contributed by atoms with Crippen LogP contribution in [-0.2, 0) is 50.9 Å². The van der Waals surface area contributed by atoms with Crippen LogP contribution in [-0.4, -0.2) is 28.5 Å². The molecule has 0 unspecified atom stereocenters. The van der Waals surface area contributed by atoms with Gasteiger partial charge in [0, 0.05) is 60.1 Å². The number of hydrogen-bond donors (Lipinski definition) is 2. The zero-order valence-corrected chi connectivity index (χ0v) is 56.6. The van der Waals surface area contributed by atoms with Gasteiger partial charge in [0.1, 0.15) is 11.5 Å². The van der Waals surface area contributed by atoms with E-state index in [1.54, 1.807) is 146 Å². The van der Waals surface area contributed by atoms with E-state index < -0.39 is 91.9 Å². The summed E-state index contributed by atoms with van der Waals surface area (Å²) < 4.78 is 166. The zero-order chi connectivity index (χ0) is 78.4. The van der Waals surface area contributed by atoms with E-state index in [9.17, 15) is 82.1 Å². The van der Waals surface area contributed by atoms with Crippen LogP contribution < -0.4 is 22.2 Å². The number of phenolic OH excluding ortho intramolecular Hbond substituents is 2. The van der Waals surface area contributed by atoms with Crippen molar-refractivity contribution in [1.82, 2.24) is 18.3 Å². The molecule has 544 valence electrons. The molecule has 0 aliphatic rings. The largest absolute Gasteiger partial charge is 0.508 e. The summed E-state index contributed by atoms with van der Waals surface area (Å²) in [6.07, 6.45) is -19.3. The molecule has 12 rings (SSSR count). The summed E-state index contributed by atoms with van der Waals surface area (Å²) in [5, 5.41) is 19.4. The van der Waals surface area contributed by atoms with Crippen molar-refractivity contribution in [1.29, 1.82) is 0 Å². The number of benzene rings is 8. The normalized spacial score (nSPS) is 11.2. The van der Waals surface area contributed by atoms with Crippen LogP contribution >= 0.6 is 0 Å². The fraction of sp³-hybridized carbons (Fsp3) is 0.122. The van der Waals surface area contributed by atoms with Gasteiger partial charge in [-0.25, -0.2) is 19.4 Å². The molecular formula is C82H56F12N8O6. The lowest BCUT2D eigenvalue weighted by atomic mass is 10.0. The fourth-order valence-corrected chi connectivity index (χ4v) is 11.4. The van der Waals surface area contributed by atoms with Crippen molar-refractivity contribution < 1.29 is 62.9 Å². The maximum Gasteiger partial charge on any atom is 0.407 e. The van der Waals surface area contributed by atoms with Crippen molar-refractivity contribution in [2.45, 2.75) is 64.7 Å². The molecular weight excluding hydrogens is 1420 g/mol. The van der Waals surface area contributed by atoms with E-state index in [4.69, 9.17) is 26.3 Å². The number of nitrogens with zero attached hydrogens (tertiary/aromatic N) is 8. The van der Waals surface area contributed by atoms with Gasteiger partial charge in [-0.3, -0.25) is 19.2 Å². The predicted molar refractivity (Wildman–Crippen MR) is 385 cm³/mol. The van der Waals surface area contributed by atoms with Crippen LogP contribution in [0.5, 0.6) is 11.5 Å². The van der Waals surface area contributed by atoms with Crippen LogP contribution in [0.3, 0.4) is 0 Å². The van der Waals surface area contributed by atoms with E-state index in [0.29, 0.717) is 22.3 Å². The molecule has 0 bridgehead atoms. The Morgan fingerprint density at radius 3 is 0.676 bits per heavy atom. The minimum absolute atomic E-state index is 0.00861. The minimum Gasteiger partial charge on any atom is -0.508 e. The number of aryl methyl sites for hydroxylation is 2. The maximum absolute atomic E-state index is 13.5. The molecule has 0 saturated carbocycles. The van der Waals surface area contributed by atoms with Crippen molar-refractivity contribution in [3.05, 3.63) is 385 Å². The molecule has 8 aromatic carbocycles. The molecule has 0 atom stereocenters. The number of aromatic nitrogens is 4. The molecule has 0 saturated heterocycles. The summed E-state index contributed by atoms with van der Waals surface area (Å²) >= 11 is 0. The highest BCUT2D eigenvalue weighted by Crippen LogP contribution is 2.42. The number of aromatic hydroxyl groups is 2. The van der Waals surface area contributed by atoms with Crippen molar-refractivity contribution in [2.24, 2.45) is 0 Å². The van der Waals surface area contributed by atoms with Gasteiger partial charge in [0.05, 0.1) is 48.5 Å². The SMILES string of the molecule is [C-]#[N+]c1c(C(F)(F)F)cc(-c2cccc(C)c2)n(Cc2ccccc2)c1=O.[C-]#[N+]c1c(C(F)(F)F)cc(-c2cccc(C)c2)n(Cc2ccccc2)c1=O.[C-]#[N+]c1c(C(F)(F)F)cc(-c2cccc(O)c2)n(Cc2ccccc2)c1=O.[C-]#[N+]c1c(C(F)(F)F)cc(-c2cccc(O)c2)n(Cc2ccccc2)c1=O. The topological polar surface area (TPSA) is 146 Å². The minimum atomic E-state index is -4.85. The van der Waals surface area contributed by atoms with Crippen LogP contribution in [0.1, 0.15) is 55.6 Å². The molecule has 2 N–H and O–H groups in total. The molecule has 0 aliphatic heterocycles. The van der Waals surface area contributed by atoms with Crippen LogP contribution in [0, 0.1) is 40.1 Å². The predicted octanol–water partition coefficient (Wildman–Crippen LogP) is 20.6. The van der Waals surface area contributed by atoms with Gasteiger partial charge < -0.3 is 28.5 Å². The first-order valence-corrected chi connectivity index (χ1v) is 32.0. The Bertz CT molecular complexity index is 5020. The van der Waals surface area contributed by atoms with E-state index in [2.05, 4.69) is 19.4 Å². The Balaban J connectivity index is 0.000000166. The van der Waals surface area contributed by atoms with Crippen LogP contribution in [0.25, 0.3) is 64.4 Å². The Morgan fingerprint density at radius 2 is 0.491 bits per heavy atom. The molecule has 0 aliphatic carbocycles. The molecule has 0 radical (unpaired) electrons. The molecule has 0 amide bonds. The highest BCUT2D eigenvalue weighted by atomic mass is 19.4. The summed E-state index contributed by atoms with van der Waals surface area (Å²) in [6.45, 7) is 32.1. The van der Waals surface area contributed by atoms with Crippen LogP contribution in [0.15, 0.2) is 262 Å². The molecule has 26 heteroatoms. The standard InChI is InChI=1S/2C21H15F3N2O.2C20H13F3N2O2/c2*1-14-7-6-10-16(11-14)18-12-17(21(22,23)24)19(25-2)20(27)26(18)13-15-8-4-3-5-9-15;2*1-24-18-16(20(21,22)23)11-17(14-8-5-9-15(26)10-14)25(19(18)27)12-13-6-3-2-4-7-13/h2*3-12H,13H2,1H3;2*2-11,26H,12H2. The lowest BCUT2D eigenvalue weighted by Crippen LogP contribution is -2.25. The zero-order valence-electron chi connectivity index (χ0n) is 56.6. The van der Waals surface area contributed by atoms with Gasteiger partial charge in [0.25, 0.3) is 45.0 Å². The average Bonchev–Trinajstić information content (AvgIpc) is 0.785. The molecule has 12 aromatic rings. The van der Waals surface area contributed by atoms with E-state index in [1.165, 1.54) is 57.7 Å². The number of halogens is 12. The Hall–Kier alpha value is -13.7. The second-order valence-corrected chi connectivity index (χ2v) is 24.0. The third-order valence-corrected chi connectivity index (χ3v) is 16.4. The Labute approximate surface area is 608 Å². The van der Waals surface area contributed by atoms with Gasteiger partial charge in [0.2, 0.25) is 0 Å². The first-order valence-electron chi connectivity index (χ1n) is 32.0. The van der Waals surface area contributed by atoms with E-state index in [1.807, 2.05) is 38.1 Å². The second-order valence-electron chi connectivity index (χ2n) is 24.0. The van der Waals surface area contributed by atoms with Crippen molar-refractivity contribution in [2.75, 3.05) is 0 Å². The summed E-state index contributed by atoms with van der Waals surface area (Å²) in [5.41, 5.74) is -6.41. The Kier molecular flexibility index (Phi) is 24.2. The summed E-state index contributed by atoms with van der Waals surface area (Å²) in [5.74, 6) is -0.289. The third kappa shape index (κ3) is 18.8. The maximum atomic E-state index is 13.5. The second kappa shape index (κ2) is 33.4. The number of rotatable bonds is 12. The molecule has 108 heavy (non-hydrogen) atoms. The monoisotopic (exact) mass is 1480 g/mol. The molecule has 4 aromatic heterocycles. The van der Waals surface area contributed by atoms with Crippen LogP contribution in [0.2, 0.25) is 0 Å². The number of hydrogen-bond acceptors (Lipinski definition) is 6. The molecule has 0 spiro atoms. The first-order chi connectivity index (χ1) is 51.2. The van der Waals surface area contributed by atoms with E-state index in [0.717, 1.165) is 55.7 Å². The van der Waals surface area contributed by atoms with E-state index in [-0.39, 0.29) is 71.6 Å². The smallest absolute Gasteiger partial charge is 0.407 e. The van der Waals surface area contributed by atoms with Crippen molar-refractivity contribution in [3.63, 3.8) is 0 Å². The molecule has 4 heterocycles. The van der Waals surface area contributed by atoms with E-state index >= 15 is 0 Å². The van der Waals surface area contributed by atoms with Crippen molar-refractivity contribution >= 4 is 22.7 Å². The lowest BCUT2D eigenvalue weighted by Gasteiger charge is -2.18. The third-order valence-electron chi connectivity index (χ3n) is 16.4. The van der Waals surface area contributed by atoms with Gasteiger partial charge in [-0.2, -0.15) is 52.7 Å². The lowest BCUT2D eigenvalue weighted by molar-refractivity contribution is -0.137. The quantitative estimate of drug-likeness (QED) is 0.0920. The highest BCUT2D eigenvalue weighted by Gasteiger charge is 2.40. The molecule has 0 fully saturated rings. The first kappa shape index (κ1) is 78.4. The number of phenols is 2. The summed E-state index contributed by atoms with van der Waals surface area (Å²) in [4.78, 5) is 62.5. The number of pyridine rings is 4. The highest BCUT2D eigenvalue weighted by molar-refractivity contribution is 5.71. The van der Waals surface area contributed by atoms with Crippen molar-refractivity contribution in [3.8, 4) is 56.5 Å². The van der Waals surface area contributed by atoms with Gasteiger partial charge in [-0.05, 0) is 108 Å². The van der Waals surface area contributed by atoms with Gasteiger partial charge in [0.15, 0.2) is 0 Å². The summed E-state index contributed by atoms with van der Waals surface area (Å²) in [7, 11) is 0. The average molecular weight is 1480 g/mol. The van der Waals surface area contributed by atoms with Gasteiger partial charge >= 0.3 is 24.7 Å². The summed E-state index contributed by atoms with van der Waals surface area (Å²) in [6, 6.07) is 63.7. The van der Waals surface area contributed by atoms with Gasteiger partial charge in [-0.15, -0.1) is 0 Å². The van der Waals surface area contributed by atoms with Gasteiger partial charge in [-0.1, -0.05) is 193 Å². The number of alkyl halides is 12.